The smallest absolute Gasteiger partial charge is 0.254 e. The Morgan fingerprint density at radius 2 is 1.86 bits per heavy atom. The molecule has 1 N–H and O–H groups in total. The lowest BCUT2D eigenvalue weighted by Crippen LogP contribution is -2.38. The summed E-state index contributed by atoms with van der Waals surface area (Å²) in [6, 6.07) is 9.44. The minimum atomic E-state index is -3.18. The molecule has 0 spiro atoms. The Labute approximate surface area is 129 Å². The highest BCUT2D eigenvalue weighted by atomic mass is 32.2. The highest BCUT2D eigenvalue weighted by Crippen LogP contribution is 2.27. The van der Waals surface area contributed by atoms with Crippen molar-refractivity contribution in [3.05, 3.63) is 51.9 Å². The molecule has 116 valence electrons. The molecular weight excluding hydrogens is 300 g/mol. The lowest BCUT2D eigenvalue weighted by atomic mass is 9.88. The molecule has 1 aliphatic carbocycles. The number of rotatable bonds is 2. The zero-order valence-corrected chi connectivity index (χ0v) is 13.4. The van der Waals surface area contributed by atoms with E-state index in [1.165, 1.54) is 6.26 Å². The maximum atomic E-state index is 12.3. The Kier molecular flexibility index (Phi) is 3.64. The lowest BCUT2D eigenvalue weighted by Gasteiger charge is -2.28. The number of hydrogen-bond acceptors (Lipinski definition) is 4. The number of hydrogen-bond donors (Lipinski definition) is 1. The maximum absolute atomic E-state index is 12.3. The molecule has 2 atom stereocenters. The van der Waals surface area contributed by atoms with Crippen LogP contribution in [0.15, 0.2) is 35.1 Å². The number of aromatic nitrogens is 2. The molecule has 1 aromatic heterocycles. The molecular formula is C16H18N2O3S. The fourth-order valence-corrected chi connectivity index (χ4v) is 4.48. The summed E-state index contributed by atoms with van der Waals surface area (Å²) < 4.78 is 23.7. The Morgan fingerprint density at radius 1 is 1.18 bits per heavy atom. The molecule has 0 amide bonds. The van der Waals surface area contributed by atoms with Crippen molar-refractivity contribution >= 4 is 9.84 Å². The average molecular weight is 318 g/mol. The van der Waals surface area contributed by atoms with Gasteiger partial charge >= 0.3 is 0 Å². The molecule has 5 nitrogen and oxygen atoms in total. The van der Waals surface area contributed by atoms with Gasteiger partial charge in [0.25, 0.3) is 5.56 Å². The van der Waals surface area contributed by atoms with Gasteiger partial charge in [0.1, 0.15) is 5.82 Å². The molecule has 6 heteroatoms. The molecule has 1 aromatic carbocycles. The summed E-state index contributed by atoms with van der Waals surface area (Å²) in [5.41, 5.74) is 1.84. The molecule has 0 fully saturated rings. The topological polar surface area (TPSA) is 79.9 Å². The van der Waals surface area contributed by atoms with Crippen LogP contribution in [0.2, 0.25) is 0 Å². The summed E-state index contributed by atoms with van der Waals surface area (Å²) in [6.07, 6.45) is 1.99. The number of aromatic amines is 1. The number of H-pyrrole nitrogens is 1. The largest absolute Gasteiger partial charge is 0.306 e. The van der Waals surface area contributed by atoms with Crippen LogP contribution in [0, 0.1) is 5.92 Å². The van der Waals surface area contributed by atoms with E-state index < -0.39 is 15.1 Å². The summed E-state index contributed by atoms with van der Waals surface area (Å²) in [6.45, 7) is 1.90. The highest BCUT2D eigenvalue weighted by molar-refractivity contribution is 7.91. The number of nitrogens with zero attached hydrogens (tertiary/aromatic N) is 1. The van der Waals surface area contributed by atoms with Crippen LogP contribution in [0.25, 0.3) is 11.4 Å². The van der Waals surface area contributed by atoms with Crippen molar-refractivity contribution in [2.24, 2.45) is 5.92 Å². The molecule has 0 unspecified atom stereocenters. The summed E-state index contributed by atoms with van der Waals surface area (Å²) >= 11 is 0. The average Bonchev–Trinajstić information content (AvgIpc) is 2.46. The number of benzene rings is 1. The van der Waals surface area contributed by atoms with Gasteiger partial charge in [-0.25, -0.2) is 13.4 Å². The van der Waals surface area contributed by atoms with Gasteiger partial charge in [-0.1, -0.05) is 37.3 Å². The SMILES string of the molecule is C[C@H]1Cc2nc(-c3ccccc3)[nH]c(=O)c2C[C@@H]1S(C)(=O)=O. The van der Waals surface area contributed by atoms with Gasteiger partial charge < -0.3 is 4.98 Å². The van der Waals surface area contributed by atoms with Crippen LogP contribution in [-0.4, -0.2) is 29.9 Å². The van der Waals surface area contributed by atoms with Crippen LogP contribution < -0.4 is 5.56 Å². The first kappa shape index (κ1) is 15.0. The third kappa shape index (κ3) is 2.70. The van der Waals surface area contributed by atoms with Crippen molar-refractivity contribution in [2.75, 3.05) is 6.26 Å². The van der Waals surface area contributed by atoms with E-state index in [1.807, 2.05) is 37.3 Å². The molecule has 3 rings (SSSR count). The second-order valence-electron chi connectivity index (χ2n) is 5.96. The number of sulfone groups is 1. The van der Waals surface area contributed by atoms with Crippen LogP contribution in [0.5, 0.6) is 0 Å². The van der Waals surface area contributed by atoms with Gasteiger partial charge in [-0.05, 0) is 18.8 Å². The third-order valence-electron chi connectivity index (χ3n) is 4.25. The predicted octanol–water partition coefficient (Wildman–Crippen LogP) is 1.58. The first-order valence-electron chi connectivity index (χ1n) is 7.22. The van der Waals surface area contributed by atoms with Gasteiger partial charge in [0.15, 0.2) is 9.84 Å². The van der Waals surface area contributed by atoms with Crippen molar-refractivity contribution in [1.29, 1.82) is 0 Å². The molecule has 0 radical (unpaired) electrons. The van der Waals surface area contributed by atoms with E-state index in [0.29, 0.717) is 17.8 Å². The normalized spacial score (nSPS) is 21.4. The standard InChI is InChI=1S/C16H18N2O3S/c1-10-8-13-12(9-14(10)22(2,20)21)16(19)18-15(17-13)11-6-4-3-5-7-11/h3-7,10,14H,8-9H2,1-2H3,(H,17,18,19)/t10-,14-/m0/s1. The van der Waals surface area contributed by atoms with Crippen LogP contribution in [0.4, 0.5) is 0 Å². The van der Waals surface area contributed by atoms with Gasteiger partial charge in [0.05, 0.1) is 10.9 Å². The van der Waals surface area contributed by atoms with Crippen molar-refractivity contribution < 1.29 is 8.42 Å². The van der Waals surface area contributed by atoms with E-state index in [2.05, 4.69) is 9.97 Å². The molecule has 0 aliphatic heterocycles. The first-order valence-corrected chi connectivity index (χ1v) is 9.18. The molecule has 0 saturated carbocycles. The Hall–Kier alpha value is -1.95. The van der Waals surface area contributed by atoms with E-state index in [1.54, 1.807) is 0 Å². The van der Waals surface area contributed by atoms with Crippen LogP contribution in [0.1, 0.15) is 18.2 Å². The van der Waals surface area contributed by atoms with E-state index in [9.17, 15) is 13.2 Å². The number of nitrogens with one attached hydrogen (secondary N) is 1. The summed E-state index contributed by atoms with van der Waals surface area (Å²) in [4.78, 5) is 19.7. The first-order chi connectivity index (χ1) is 10.4. The van der Waals surface area contributed by atoms with Gasteiger partial charge in [-0.2, -0.15) is 0 Å². The van der Waals surface area contributed by atoms with Crippen molar-refractivity contribution in [3.63, 3.8) is 0 Å². The minimum Gasteiger partial charge on any atom is -0.306 e. The molecule has 1 aliphatic rings. The Morgan fingerprint density at radius 3 is 2.50 bits per heavy atom. The van der Waals surface area contributed by atoms with Gasteiger partial charge in [-0.15, -0.1) is 0 Å². The zero-order valence-electron chi connectivity index (χ0n) is 12.5. The second-order valence-corrected chi connectivity index (χ2v) is 8.22. The van der Waals surface area contributed by atoms with E-state index in [-0.39, 0.29) is 17.9 Å². The molecule has 22 heavy (non-hydrogen) atoms. The second kappa shape index (κ2) is 5.35. The van der Waals surface area contributed by atoms with E-state index in [0.717, 1.165) is 11.3 Å². The lowest BCUT2D eigenvalue weighted by molar-refractivity contribution is 0.471. The van der Waals surface area contributed by atoms with E-state index in [4.69, 9.17) is 0 Å². The van der Waals surface area contributed by atoms with Crippen LogP contribution >= 0.6 is 0 Å². The molecule has 0 bridgehead atoms. The monoisotopic (exact) mass is 318 g/mol. The minimum absolute atomic E-state index is 0.0413. The quantitative estimate of drug-likeness (QED) is 0.912. The van der Waals surface area contributed by atoms with E-state index >= 15 is 0 Å². The fourth-order valence-electron chi connectivity index (χ4n) is 3.07. The summed E-state index contributed by atoms with van der Waals surface area (Å²) in [5.74, 6) is 0.495. The fraction of sp³-hybridized carbons (Fsp3) is 0.375. The summed E-state index contributed by atoms with van der Waals surface area (Å²) in [5, 5.41) is -0.509. The Balaban J connectivity index is 2.08. The Bertz CT molecular complexity index is 857. The summed E-state index contributed by atoms with van der Waals surface area (Å²) in [7, 11) is -3.18. The van der Waals surface area contributed by atoms with Crippen molar-refractivity contribution in [1.82, 2.24) is 9.97 Å². The van der Waals surface area contributed by atoms with Crippen LogP contribution in [0.3, 0.4) is 0 Å². The maximum Gasteiger partial charge on any atom is 0.254 e. The molecule has 0 saturated heterocycles. The van der Waals surface area contributed by atoms with Gasteiger partial charge in [0.2, 0.25) is 0 Å². The van der Waals surface area contributed by atoms with Crippen molar-refractivity contribution in [2.45, 2.75) is 25.0 Å². The van der Waals surface area contributed by atoms with Crippen LogP contribution in [-0.2, 0) is 22.7 Å². The highest BCUT2D eigenvalue weighted by Gasteiger charge is 2.34. The van der Waals surface area contributed by atoms with Gasteiger partial charge in [-0.3, -0.25) is 4.79 Å². The predicted molar refractivity (Wildman–Crippen MR) is 85.5 cm³/mol. The molecule has 1 heterocycles. The third-order valence-corrected chi connectivity index (χ3v) is 5.98. The van der Waals surface area contributed by atoms with Crippen molar-refractivity contribution in [3.8, 4) is 11.4 Å². The number of fused-ring (bicyclic) bond motifs is 1. The molecule has 2 aromatic rings. The van der Waals surface area contributed by atoms with Gasteiger partial charge in [0, 0.05) is 17.4 Å². The zero-order chi connectivity index (χ0) is 15.9.